The van der Waals surface area contributed by atoms with Gasteiger partial charge in [0.15, 0.2) is 5.03 Å². The Morgan fingerprint density at radius 1 is 1.57 bits per heavy atom. The van der Waals surface area contributed by atoms with Gasteiger partial charge < -0.3 is 0 Å². The van der Waals surface area contributed by atoms with Crippen LogP contribution in [-0.4, -0.2) is 18.2 Å². The summed E-state index contributed by atoms with van der Waals surface area (Å²) in [5.74, 6) is 0.424. The highest BCUT2D eigenvalue weighted by molar-refractivity contribution is 8.13. The number of aromatic nitrogens is 2. The summed E-state index contributed by atoms with van der Waals surface area (Å²) < 4.78 is 23.5. The van der Waals surface area contributed by atoms with Crippen LogP contribution in [0.15, 0.2) is 11.1 Å². The summed E-state index contributed by atoms with van der Waals surface area (Å²) in [4.78, 5) is 0. The van der Waals surface area contributed by atoms with Crippen molar-refractivity contribution in [1.82, 2.24) is 9.78 Å². The average molecular weight is 235 g/mol. The molecular weight excluding hydrogens is 224 g/mol. The van der Waals surface area contributed by atoms with Crippen LogP contribution in [0.2, 0.25) is 0 Å². The minimum atomic E-state index is -3.66. The van der Waals surface area contributed by atoms with Crippen molar-refractivity contribution in [2.75, 3.05) is 0 Å². The van der Waals surface area contributed by atoms with Gasteiger partial charge in [0.1, 0.15) is 0 Å². The summed E-state index contributed by atoms with van der Waals surface area (Å²) in [7, 11) is 3.19. The lowest BCUT2D eigenvalue weighted by molar-refractivity contribution is 0.407. The minimum Gasteiger partial charge on any atom is -0.256 e. The fourth-order valence-electron chi connectivity index (χ4n) is 1.60. The van der Waals surface area contributed by atoms with Gasteiger partial charge in [-0.25, -0.2) is 8.42 Å². The van der Waals surface area contributed by atoms with Crippen LogP contribution in [0.25, 0.3) is 0 Å². The summed E-state index contributed by atoms with van der Waals surface area (Å²) in [6.07, 6.45) is 3.39. The minimum absolute atomic E-state index is 0.0843. The highest BCUT2D eigenvalue weighted by Gasteiger charge is 2.25. The molecule has 1 aromatic heterocycles. The van der Waals surface area contributed by atoms with Gasteiger partial charge >= 0.3 is 0 Å². The van der Waals surface area contributed by atoms with Crippen molar-refractivity contribution in [2.24, 2.45) is 7.05 Å². The zero-order valence-electron chi connectivity index (χ0n) is 7.77. The molecule has 1 saturated carbocycles. The standard InChI is InChI=1S/C8H11ClN2O2S/c1-11-8(14(9,12)13)5-7(10-11)6-3-2-4-6/h5-6H,2-4H2,1H3. The van der Waals surface area contributed by atoms with Crippen molar-refractivity contribution < 1.29 is 8.42 Å². The van der Waals surface area contributed by atoms with Gasteiger partial charge in [-0.3, -0.25) is 4.68 Å². The van der Waals surface area contributed by atoms with E-state index in [0.717, 1.165) is 18.5 Å². The lowest BCUT2D eigenvalue weighted by Crippen LogP contribution is -2.09. The third kappa shape index (κ3) is 1.66. The van der Waals surface area contributed by atoms with Gasteiger partial charge in [0, 0.05) is 23.6 Å². The molecule has 0 spiro atoms. The van der Waals surface area contributed by atoms with E-state index in [1.165, 1.54) is 11.1 Å². The van der Waals surface area contributed by atoms with Gasteiger partial charge in [-0.05, 0) is 18.9 Å². The van der Waals surface area contributed by atoms with Gasteiger partial charge in [0.2, 0.25) is 0 Å². The van der Waals surface area contributed by atoms with Crippen molar-refractivity contribution in [1.29, 1.82) is 0 Å². The summed E-state index contributed by atoms with van der Waals surface area (Å²) in [6.45, 7) is 0. The number of hydrogen-bond donors (Lipinski definition) is 0. The first kappa shape index (κ1) is 9.98. The molecule has 0 aliphatic heterocycles. The molecule has 6 heteroatoms. The maximum absolute atomic E-state index is 11.1. The van der Waals surface area contributed by atoms with Crippen molar-refractivity contribution >= 4 is 19.7 Å². The van der Waals surface area contributed by atoms with E-state index in [1.54, 1.807) is 13.1 Å². The zero-order chi connectivity index (χ0) is 10.3. The first-order chi connectivity index (χ1) is 6.48. The van der Waals surface area contributed by atoms with E-state index in [1.807, 2.05) is 0 Å². The predicted molar refractivity (Wildman–Crippen MR) is 52.8 cm³/mol. The predicted octanol–water partition coefficient (Wildman–Crippen LogP) is 1.62. The number of rotatable bonds is 2. The largest absolute Gasteiger partial charge is 0.278 e. The molecule has 0 unspecified atom stereocenters. The first-order valence-corrected chi connectivity index (χ1v) is 6.78. The fraction of sp³-hybridized carbons (Fsp3) is 0.625. The summed E-state index contributed by atoms with van der Waals surface area (Å²) in [6, 6.07) is 1.58. The number of halogens is 1. The maximum Gasteiger partial charge on any atom is 0.278 e. The van der Waals surface area contributed by atoms with Crippen LogP contribution in [0.4, 0.5) is 0 Å². The van der Waals surface area contributed by atoms with E-state index in [4.69, 9.17) is 10.7 Å². The molecule has 1 fully saturated rings. The molecule has 0 N–H and O–H groups in total. The number of aryl methyl sites for hydroxylation is 1. The van der Waals surface area contributed by atoms with Gasteiger partial charge in [-0.15, -0.1) is 0 Å². The molecule has 0 radical (unpaired) electrons. The second kappa shape index (κ2) is 3.24. The van der Waals surface area contributed by atoms with Gasteiger partial charge in [0.05, 0.1) is 5.69 Å². The van der Waals surface area contributed by atoms with Crippen molar-refractivity contribution in [3.63, 3.8) is 0 Å². The van der Waals surface area contributed by atoms with Crippen LogP contribution >= 0.6 is 10.7 Å². The lowest BCUT2D eigenvalue weighted by Gasteiger charge is -2.22. The van der Waals surface area contributed by atoms with Gasteiger partial charge in [0.25, 0.3) is 9.05 Å². The quantitative estimate of drug-likeness (QED) is 0.731. The topological polar surface area (TPSA) is 52.0 Å². The van der Waals surface area contributed by atoms with Crippen molar-refractivity contribution in [3.8, 4) is 0 Å². The summed E-state index contributed by atoms with van der Waals surface area (Å²) in [5, 5.41) is 4.24. The van der Waals surface area contributed by atoms with Gasteiger partial charge in [-0.2, -0.15) is 5.10 Å². The van der Waals surface area contributed by atoms with E-state index < -0.39 is 9.05 Å². The van der Waals surface area contributed by atoms with Crippen LogP contribution in [0, 0.1) is 0 Å². The first-order valence-electron chi connectivity index (χ1n) is 4.47. The molecule has 4 nitrogen and oxygen atoms in total. The van der Waals surface area contributed by atoms with Crippen LogP contribution in [-0.2, 0) is 16.1 Å². The molecule has 0 saturated heterocycles. The highest BCUT2D eigenvalue weighted by Crippen LogP contribution is 2.36. The summed E-state index contributed by atoms with van der Waals surface area (Å²) >= 11 is 0. The molecule has 1 heterocycles. The monoisotopic (exact) mass is 234 g/mol. The van der Waals surface area contributed by atoms with Crippen molar-refractivity contribution in [3.05, 3.63) is 11.8 Å². The molecule has 0 atom stereocenters. The molecule has 1 aliphatic rings. The van der Waals surface area contributed by atoms with E-state index in [0.29, 0.717) is 5.92 Å². The van der Waals surface area contributed by atoms with E-state index >= 15 is 0 Å². The van der Waals surface area contributed by atoms with Gasteiger partial charge in [-0.1, -0.05) is 6.42 Å². The third-order valence-electron chi connectivity index (χ3n) is 2.63. The molecule has 2 rings (SSSR count). The molecular formula is C8H11ClN2O2S. The Bertz CT molecular complexity index is 448. The van der Waals surface area contributed by atoms with Crippen LogP contribution < -0.4 is 0 Å². The van der Waals surface area contributed by atoms with Crippen LogP contribution in [0.3, 0.4) is 0 Å². The maximum atomic E-state index is 11.1. The Hall–Kier alpha value is -0.550. The Balaban J connectivity index is 2.39. The zero-order valence-corrected chi connectivity index (χ0v) is 9.35. The summed E-state index contributed by atoms with van der Waals surface area (Å²) in [5.41, 5.74) is 0.845. The fourth-order valence-corrected chi connectivity index (χ4v) is 2.65. The molecule has 78 valence electrons. The molecule has 1 aromatic rings. The van der Waals surface area contributed by atoms with E-state index in [9.17, 15) is 8.42 Å². The Morgan fingerprint density at radius 2 is 2.21 bits per heavy atom. The Kier molecular flexibility index (Phi) is 2.31. The normalized spacial score (nSPS) is 18.1. The molecule has 14 heavy (non-hydrogen) atoms. The average Bonchev–Trinajstić information content (AvgIpc) is 2.25. The molecule has 1 aliphatic carbocycles. The second-order valence-electron chi connectivity index (χ2n) is 3.60. The Labute approximate surface area is 87.3 Å². The van der Waals surface area contributed by atoms with E-state index in [2.05, 4.69) is 5.10 Å². The molecule has 0 aromatic carbocycles. The highest BCUT2D eigenvalue weighted by atomic mass is 35.7. The number of hydrogen-bond acceptors (Lipinski definition) is 3. The second-order valence-corrected chi connectivity index (χ2v) is 6.11. The smallest absolute Gasteiger partial charge is 0.256 e. The molecule has 0 amide bonds. The number of nitrogens with zero attached hydrogens (tertiary/aromatic N) is 2. The SMILES string of the molecule is Cn1nc(C2CCC2)cc1S(=O)(=O)Cl. The third-order valence-corrected chi connectivity index (χ3v) is 3.99. The van der Waals surface area contributed by atoms with Crippen LogP contribution in [0.1, 0.15) is 30.9 Å². The lowest BCUT2D eigenvalue weighted by atomic mass is 9.83. The van der Waals surface area contributed by atoms with Crippen LogP contribution in [0.5, 0.6) is 0 Å². The van der Waals surface area contributed by atoms with Crippen molar-refractivity contribution in [2.45, 2.75) is 30.2 Å². The van der Waals surface area contributed by atoms with E-state index in [-0.39, 0.29) is 5.03 Å². The Morgan fingerprint density at radius 3 is 2.57 bits per heavy atom. The molecule has 0 bridgehead atoms.